The lowest BCUT2D eigenvalue weighted by molar-refractivity contribution is -0.159. The Kier molecular flexibility index (Phi) is 6.18. The molecule has 11 heteroatoms. The van der Waals surface area contributed by atoms with Gasteiger partial charge in [-0.05, 0) is 43.9 Å². The minimum atomic E-state index is -4.68. The largest absolute Gasteiger partial charge is 0.471 e. The van der Waals surface area contributed by atoms with Crippen molar-refractivity contribution < 1.29 is 17.7 Å². The second-order valence-corrected chi connectivity index (χ2v) is 8.97. The van der Waals surface area contributed by atoms with Crippen LogP contribution >= 0.6 is 0 Å². The number of rotatable bonds is 6. The van der Waals surface area contributed by atoms with Gasteiger partial charge in [-0.15, -0.1) is 0 Å². The number of benzene rings is 1. The minimum Gasteiger partial charge on any atom is -0.350 e. The molecule has 184 valence electrons. The maximum atomic E-state index is 12.7. The van der Waals surface area contributed by atoms with E-state index in [1.165, 1.54) is 28.9 Å². The molecule has 1 aliphatic heterocycles. The van der Waals surface area contributed by atoms with Gasteiger partial charge in [0.1, 0.15) is 0 Å². The third kappa shape index (κ3) is 4.86. The number of anilines is 1. The molecule has 0 spiro atoms. The molecule has 8 nitrogen and oxygen atoms in total. The summed E-state index contributed by atoms with van der Waals surface area (Å²) in [7, 11) is 2.07. The predicted molar refractivity (Wildman–Crippen MR) is 125 cm³/mol. The van der Waals surface area contributed by atoms with Crippen LogP contribution in [-0.4, -0.2) is 44.3 Å². The van der Waals surface area contributed by atoms with Gasteiger partial charge in [0.2, 0.25) is 11.8 Å². The lowest BCUT2D eigenvalue weighted by Crippen LogP contribution is -2.38. The second kappa shape index (κ2) is 9.29. The molecular formula is C24H26F3N7O. The first-order valence-corrected chi connectivity index (χ1v) is 11.5. The van der Waals surface area contributed by atoms with E-state index in [9.17, 15) is 13.2 Å². The van der Waals surface area contributed by atoms with E-state index < -0.39 is 12.1 Å². The molecule has 1 N–H and O–H groups in total. The minimum absolute atomic E-state index is 0.186. The van der Waals surface area contributed by atoms with Crippen molar-refractivity contribution in [3.05, 3.63) is 54.3 Å². The number of halogens is 3. The van der Waals surface area contributed by atoms with Crippen LogP contribution in [0.25, 0.3) is 22.3 Å². The molecule has 4 heterocycles. The third-order valence-corrected chi connectivity index (χ3v) is 6.57. The molecule has 5 rings (SSSR count). The zero-order valence-electron chi connectivity index (χ0n) is 19.5. The maximum Gasteiger partial charge on any atom is 0.471 e. The van der Waals surface area contributed by atoms with E-state index in [2.05, 4.69) is 83.8 Å². The van der Waals surface area contributed by atoms with Crippen LogP contribution in [-0.2, 0) is 13.2 Å². The lowest BCUT2D eigenvalue weighted by atomic mass is 9.96. The molecule has 1 atom stereocenters. The van der Waals surface area contributed by atoms with Gasteiger partial charge in [-0.2, -0.15) is 18.2 Å². The monoisotopic (exact) mass is 485 g/mol. The van der Waals surface area contributed by atoms with E-state index in [0.717, 1.165) is 32.5 Å². The quantitative estimate of drug-likeness (QED) is 0.427. The Bertz CT molecular complexity index is 1290. The number of aryl methyl sites for hydroxylation is 1. The van der Waals surface area contributed by atoms with Crippen LogP contribution in [0.4, 0.5) is 19.1 Å². The zero-order valence-corrected chi connectivity index (χ0v) is 19.5. The molecule has 0 radical (unpaired) electrons. The van der Waals surface area contributed by atoms with E-state index in [1.54, 1.807) is 0 Å². The molecule has 1 aromatic carbocycles. The summed E-state index contributed by atoms with van der Waals surface area (Å²) in [5, 5.41) is 8.35. The Balaban J connectivity index is 1.14. The number of piperidine rings is 1. The molecule has 1 fully saturated rings. The topological polar surface area (TPSA) is 84.9 Å². The summed E-state index contributed by atoms with van der Waals surface area (Å²) in [6.07, 6.45) is 2.36. The highest BCUT2D eigenvalue weighted by Crippen LogP contribution is 2.30. The molecule has 0 aliphatic carbocycles. The maximum absolute atomic E-state index is 12.7. The number of aromatic nitrogens is 5. The molecule has 0 bridgehead atoms. The number of hydrogen-bond acceptors (Lipinski definition) is 7. The van der Waals surface area contributed by atoms with Gasteiger partial charge in [0.15, 0.2) is 0 Å². The summed E-state index contributed by atoms with van der Waals surface area (Å²) in [6.45, 7) is 4.76. The molecule has 0 amide bonds. The van der Waals surface area contributed by atoms with Crippen molar-refractivity contribution in [3.8, 4) is 11.4 Å². The molecule has 1 unspecified atom stereocenters. The second-order valence-electron chi connectivity index (χ2n) is 8.97. The highest BCUT2D eigenvalue weighted by molar-refractivity contribution is 5.84. The predicted octanol–water partition coefficient (Wildman–Crippen LogP) is 4.60. The summed E-state index contributed by atoms with van der Waals surface area (Å²) in [6, 6.07) is 8.69. The van der Waals surface area contributed by atoms with Crippen LogP contribution < -0.4 is 10.2 Å². The first-order chi connectivity index (χ1) is 16.8. The number of fused-ring (bicyclic) bond motifs is 1. The van der Waals surface area contributed by atoms with Crippen molar-refractivity contribution in [2.24, 2.45) is 13.0 Å². The molecule has 4 aromatic rings. The van der Waals surface area contributed by atoms with Crippen LogP contribution in [0, 0.1) is 5.92 Å². The SMILES string of the molecule is CC(NCC1CCN(c2ncc(-c3noc(C(F)(F)F)n3)cn2)CC1)c1cn(C)c2ccccc12. The molecule has 35 heavy (non-hydrogen) atoms. The van der Waals surface area contributed by atoms with Crippen molar-refractivity contribution in [2.75, 3.05) is 24.5 Å². The number of para-hydroxylation sites is 1. The summed E-state index contributed by atoms with van der Waals surface area (Å²) < 4.78 is 44.4. The summed E-state index contributed by atoms with van der Waals surface area (Å²) in [4.78, 5) is 14.1. The van der Waals surface area contributed by atoms with E-state index in [-0.39, 0.29) is 17.4 Å². The van der Waals surface area contributed by atoms with Crippen LogP contribution in [0.2, 0.25) is 0 Å². The van der Waals surface area contributed by atoms with E-state index in [1.807, 2.05) is 0 Å². The van der Waals surface area contributed by atoms with Gasteiger partial charge in [0.25, 0.3) is 0 Å². The van der Waals surface area contributed by atoms with Gasteiger partial charge < -0.3 is 19.3 Å². The number of alkyl halides is 3. The number of nitrogens with one attached hydrogen (secondary N) is 1. The van der Waals surface area contributed by atoms with Crippen LogP contribution in [0.5, 0.6) is 0 Å². The van der Waals surface area contributed by atoms with E-state index >= 15 is 0 Å². The summed E-state index contributed by atoms with van der Waals surface area (Å²) in [5.41, 5.74) is 2.81. The molecule has 1 aliphatic rings. The molecule has 1 saturated heterocycles. The van der Waals surface area contributed by atoms with Crippen LogP contribution in [0.1, 0.15) is 37.3 Å². The van der Waals surface area contributed by atoms with Crippen molar-refractivity contribution in [1.82, 2.24) is 30.0 Å². The molecular weight excluding hydrogens is 459 g/mol. The molecule has 3 aromatic heterocycles. The highest BCUT2D eigenvalue weighted by Gasteiger charge is 2.38. The number of hydrogen-bond donors (Lipinski definition) is 1. The van der Waals surface area contributed by atoms with E-state index in [4.69, 9.17) is 0 Å². The average molecular weight is 486 g/mol. The summed E-state index contributed by atoms with van der Waals surface area (Å²) >= 11 is 0. The Labute approximate surface area is 200 Å². The highest BCUT2D eigenvalue weighted by atomic mass is 19.4. The Morgan fingerprint density at radius 2 is 1.86 bits per heavy atom. The van der Waals surface area contributed by atoms with Crippen molar-refractivity contribution >= 4 is 16.9 Å². The Hall–Kier alpha value is -3.47. The lowest BCUT2D eigenvalue weighted by Gasteiger charge is -2.32. The van der Waals surface area contributed by atoms with Crippen molar-refractivity contribution in [2.45, 2.75) is 32.0 Å². The Morgan fingerprint density at radius 1 is 1.14 bits per heavy atom. The van der Waals surface area contributed by atoms with Gasteiger partial charge in [0.05, 0.1) is 5.56 Å². The first kappa shape index (κ1) is 23.3. The fourth-order valence-electron chi connectivity index (χ4n) is 4.56. The fourth-order valence-corrected chi connectivity index (χ4v) is 4.56. The zero-order chi connectivity index (χ0) is 24.6. The van der Waals surface area contributed by atoms with Gasteiger partial charge in [-0.25, -0.2) is 9.97 Å². The summed E-state index contributed by atoms with van der Waals surface area (Å²) in [5.74, 6) is -0.483. The van der Waals surface area contributed by atoms with Gasteiger partial charge in [0, 0.05) is 55.7 Å². The molecule has 0 saturated carbocycles. The first-order valence-electron chi connectivity index (χ1n) is 11.5. The van der Waals surface area contributed by atoms with Crippen molar-refractivity contribution in [3.63, 3.8) is 0 Å². The van der Waals surface area contributed by atoms with Gasteiger partial charge >= 0.3 is 12.1 Å². The normalized spacial score (nSPS) is 16.2. The van der Waals surface area contributed by atoms with Crippen LogP contribution in [0.3, 0.4) is 0 Å². The van der Waals surface area contributed by atoms with Gasteiger partial charge in [-0.3, -0.25) is 0 Å². The van der Waals surface area contributed by atoms with Crippen LogP contribution in [0.15, 0.2) is 47.4 Å². The fraction of sp³-hybridized carbons (Fsp3) is 0.417. The van der Waals surface area contributed by atoms with E-state index in [0.29, 0.717) is 11.9 Å². The standard InChI is InChI=1S/C24H26F3N7O/c1-15(19-14-33(2)20-6-4-3-5-18(19)20)28-11-16-7-9-34(10-8-16)23-29-12-17(13-30-23)21-31-22(35-32-21)24(25,26)27/h3-6,12-16,28H,7-11H2,1-2H3. The number of nitrogens with zero attached hydrogens (tertiary/aromatic N) is 6. The third-order valence-electron chi connectivity index (χ3n) is 6.57. The van der Waals surface area contributed by atoms with Gasteiger partial charge in [-0.1, -0.05) is 23.4 Å². The smallest absolute Gasteiger partial charge is 0.350 e. The van der Waals surface area contributed by atoms with Crippen molar-refractivity contribution in [1.29, 1.82) is 0 Å². The Morgan fingerprint density at radius 3 is 2.54 bits per heavy atom. The average Bonchev–Trinajstić information content (AvgIpc) is 3.49.